The van der Waals surface area contributed by atoms with Gasteiger partial charge >= 0.3 is 0 Å². The van der Waals surface area contributed by atoms with E-state index in [0.717, 1.165) is 28.2 Å². The summed E-state index contributed by atoms with van der Waals surface area (Å²) < 4.78 is 2.69. The van der Waals surface area contributed by atoms with Gasteiger partial charge < -0.3 is 5.32 Å². The number of nitrogens with one attached hydrogen (secondary N) is 1. The Morgan fingerprint density at radius 1 is 1.29 bits per heavy atom. The van der Waals surface area contributed by atoms with E-state index in [0.29, 0.717) is 0 Å². The molecule has 4 nitrogen and oxygen atoms in total. The molecule has 0 amide bonds. The minimum Gasteiger partial charge on any atom is -0.379 e. The Labute approximate surface area is 109 Å². The molecule has 0 aliphatic heterocycles. The van der Waals surface area contributed by atoms with Crippen LogP contribution in [-0.2, 0) is 13.6 Å². The maximum atomic E-state index is 4.35. The van der Waals surface area contributed by atoms with Crippen LogP contribution in [0.4, 0.5) is 5.69 Å². The van der Waals surface area contributed by atoms with Crippen LogP contribution in [0.1, 0.15) is 17.0 Å². The zero-order valence-electron chi connectivity index (χ0n) is 10.2. The lowest BCUT2D eigenvalue weighted by Gasteiger charge is -2.08. The predicted octanol–water partition coefficient (Wildman–Crippen LogP) is 2.81. The Hall–Kier alpha value is -1.36. The van der Waals surface area contributed by atoms with Crippen LogP contribution in [0.15, 0.2) is 22.9 Å². The second kappa shape index (κ2) is 4.87. The van der Waals surface area contributed by atoms with Crippen LogP contribution >= 0.6 is 15.9 Å². The first-order valence-corrected chi connectivity index (χ1v) is 6.21. The van der Waals surface area contributed by atoms with Gasteiger partial charge in [-0.05, 0) is 41.9 Å². The number of anilines is 1. The van der Waals surface area contributed by atoms with Crippen LogP contribution in [-0.4, -0.2) is 14.8 Å². The van der Waals surface area contributed by atoms with E-state index in [2.05, 4.69) is 31.3 Å². The fourth-order valence-electron chi connectivity index (χ4n) is 1.73. The van der Waals surface area contributed by atoms with Crippen LogP contribution < -0.4 is 5.32 Å². The lowest BCUT2D eigenvalue weighted by molar-refractivity contribution is 0.756. The van der Waals surface area contributed by atoms with E-state index in [4.69, 9.17) is 0 Å². The number of hydrogen-bond donors (Lipinski definition) is 1. The van der Waals surface area contributed by atoms with Crippen molar-refractivity contribution < 1.29 is 0 Å². The fourth-order valence-corrected chi connectivity index (χ4v) is 2.13. The molecule has 0 unspecified atom stereocenters. The summed E-state index contributed by atoms with van der Waals surface area (Å²) in [5.74, 6) is 0. The molecule has 0 spiro atoms. The van der Waals surface area contributed by atoms with E-state index in [9.17, 15) is 0 Å². The second-order valence-corrected chi connectivity index (χ2v) is 4.85. The summed E-state index contributed by atoms with van der Waals surface area (Å²) in [5, 5.41) is 7.69. The summed E-state index contributed by atoms with van der Waals surface area (Å²) in [5.41, 5.74) is 4.30. The second-order valence-electron chi connectivity index (χ2n) is 4.03. The van der Waals surface area contributed by atoms with Gasteiger partial charge in [0.25, 0.3) is 0 Å². The Morgan fingerprint density at radius 3 is 2.65 bits per heavy atom. The quantitative estimate of drug-likeness (QED) is 0.885. The lowest BCUT2D eigenvalue weighted by Crippen LogP contribution is -2.02. The van der Waals surface area contributed by atoms with Gasteiger partial charge in [-0.2, -0.15) is 5.10 Å². The van der Waals surface area contributed by atoms with Crippen molar-refractivity contribution in [3.05, 3.63) is 39.9 Å². The molecule has 0 atom stereocenters. The van der Waals surface area contributed by atoms with Crippen molar-refractivity contribution in [3.63, 3.8) is 0 Å². The third-order valence-electron chi connectivity index (χ3n) is 2.64. The van der Waals surface area contributed by atoms with Crippen molar-refractivity contribution in [2.75, 3.05) is 5.32 Å². The first-order valence-electron chi connectivity index (χ1n) is 5.42. The highest BCUT2D eigenvalue weighted by Gasteiger charge is 2.04. The predicted molar refractivity (Wildman–Crippen MR) is 71.9 cm³/mol. The summed E-state index contributed by atoms with van der Waals surface area (Å²) in [6, 6.07) is 3.96. The van der Waals surface area contributed by atoms with Crippen molar-refractivity contribution in [2.24, 2.45) is 7.05 Å². The van der Waals surface area contributed by atoms with E-state index in [1.54, 1.807) is 0 Å². The fraction of sp³-hybridized carbons (Fsp3) is 0.333. The minimum absolute atomic E-state index is 0.768. The van der Waals surface area contributed by atoms with Gasteiger partial charge in [0.05, 0.1) is 17.1 Å². The lowest BCUT2D eigenvalue weighted by atomic mass is 10.2. The zero-order chi connectivity index (χ0) is 12.4. The Kier molecular flexibility index (Phi) is 3.47. The molecule has 1 N–H and O–H groups in total. The number of aromatic nitrogens is 3. The topological polar surface area (TPSA) is 42.7 Å². The van der Waals surface area contributed by atoms with Gasteiger partial charge in [-0.15, -0.1) is 0 Å². The first-order chi connectivity index (χ1) is 8.06. The van der Waals surface area contributed by atoms with Crippen LogP contribution in [0.25, 0.3) is 0 Å². The van der Waals surface area contributed by atoms with Crippen LogP contribution in [0.5, 0.6) is 0 Å². The molecule has 5 heteroatoms. The van der Waals surface area contributed by atoms with Crippen molar-refractivity contribution in [3.8, 4) is 0 Å². The third kappa shape index (κ3) is 2.85. The molecular formula is C12H15BrN4. The maximum Gasteiger partial charge on any atom is 0.106 e. The molecule has 17 heavy (non-hydrogen) atoms. The number of rotatable bonds is 3. The van der Waals surface area contributed by atoms with Crippen LogP contribution in [0, 0.1) is 13.8 Å². The molecule has 0 aliphatic carbocycles. The van der Waals surface area contributed by atoms with Gasteiger partial charge in [0, 0.05) is 25.4 Å². The maximum absolute atomic E-state index is 4.35. The van der Waals surface area contributed by atoms with E-state index < -0.39 is 0 Å². The molecule has 90 valence electrons. The number of halogens is 1. The highest BCUT2D eigenvalue weighted by atomic mass is 79.9. The van der Waals surface area contributed by atoms with Crippen molar-refractivity contribution >= 4 is 21.6 Å². The summed E-state index contributed by atoms with van der Waals surface area (Å²) in [4.78, 5) is 4.35. The van der Waals surface area contributed by atoms with E-state index in [1.165, 1.54) is 5.56 Å². The molecule has 0 aliphatic rings. The van der Waals surface area contributed by atoms with Crippen molar-refractivity contribution in [1.29, 1.82) is 0 Å². The van der Waals surface area contributed by atoms with Crippen LogP contribution in [0.2, 0.25) is 0 Å². The van der Waals surface area contributed by atoms with E-state index in [1.807, 2.05) is 43.9 Å². The van der Waals surface area contributed by atoms with Gasteiger partial charge in [0.1, 0.15) is 4.60 Å². The highest BCUT2D eigenvalue weighted by Crippen LogP contribution is 2.17. The molecule has 2 rings (SSSR count). The highest BCUT2D eigenvalue weighted by molar-refractivity contribution is 9.10. The number of pyridine rings is 1. The average Bonchev–Trinajstić information content (AvgIpc) is 2.56. The normalized spacial score (nSPS) is 10.6. The van der Waals surface area contributed by atoms with E-state index in [-0.39, 0.29) is 0 Å². The Balaban J connectivity index is 2.10. The van der Waals surface area contributed by atoms with Gasteiger partial charge in [-0.25, -0.2) is 4.98 Å². The van der Waals surface area contributed by atoms with Crippen molar-refractivity contribution in [2.45, 2.75) is 20.4 Å². The first kappa shape index (κ1) is 12.1. The molecule has 2 aromatic rings. The molecule has 0 bridgehead atoms. The largest absolute Gasteiger partial charge is 0.379 e. The molecule has 0 saturated carbocycles. The molecule has 2 aromatic heterocycles. The van der Waals surface area contributed by atoms with Gasteiger partial charge in [0.15, 0.2) is 0 Å². The molecule has 0 aromatic carbocycles. The van der Waals surface area contributed by atoms with Gasteiger partial charge in [-0.3, -0.25) is 4.68 Å². The summed E-state index contributed by atoms with van der Waals surface area (Å²) >= 11 is 3.36. The molecule has 0 radical (unpaired) electrons. The minimum atomic E-state index is 0.768. The zero-order valence-corrected chi connectivity index (χ0v) is 11.7. The van der Waals surface area contributed by atoms with Gasteiger partial charge in [0.2, 0.25) is 0 Å². The summed E-state index contributed by atoms with van der Waals surface area (Å²) in [6.45, 7) is 4.77. The standard InChI is InChI=1S/C12H15BrN4/c1-8-10(7-17(3)16-8)6-14-11-4-5-12(13)15-9(11)2/h4-5,7,14H,6H2,1-3H3. The number of aryl methyl sites for hydroxylation is 3. The molecule has 0 saturated heterocycles. The molecule has 2 heterocycles. The number of nitrogens with zero attached hydrogens (tertiary/aromatic N) is 3. The summed E-state index contributed by atoms with van der Waals surface area (Å²) in [7, 11) is 1.93. The van der Waals surface area contributed by atoms with Crippen molar-refractivity contribution in [1.82, 2.24) is 14.8 Å². The Bertz CT molecular complexity index is 533. The molecule has 0 fully saturated rings. The van der Waals surface area contributed by atoms with Gasteiger partial charge in [-0.1, -0.05) is 0 Å². The average molecular weight is 295 g/mol. The SMILES string of the molecule is Cc1nn(C)cc1CNc1ccc(Br)nc1C. The number of hydrogen-bond acceptors (Lipinski definition) is 3. The van der Waals surface area contributed by atoms with Crippen LogP contribution in [0.3, 0.4) is 0 Å². The monoisotopic (exact) mass is 294 g/mol. The third-order valence-corrected chi connectivity index (χ3v) is 3.08. The molecular weight excluding hydrogens is 280 g/mol. The summed E-state index contributed by atoms with van der Waals surface area (Å²) in [6.07, 6.45) is 2.03. The van der Waals surface area contributed by atoms with E-state index >= 15 is 0 Å². The Morgan fingerprint density at radius 2 is 2.06 bits per heavy atom. The smallest absolute Gasteiger partial charge is 0.106 e.